The molecular formula is C24H38O2. The fourth-order valence-electron chi connectivity index (χ4n) is 4.37. The Labute approximate surface area is 160 Å². The van der Waals surface area contributed by atoms with E-state index >= 15 is 0 Å². The molecule has 0 aliphatic heterocycles. The summed E-state index contributed by atoms with van der Waals surface area (Å²) in [4.78, 5) is 0. The Hall–Kier alpha value is -1.18. The quantitative estimate of drug-likeness (QED) is 0.315. The molecule has 0 bridgehead atoms. The summed E-state index contributed by atoms with van der Waals surface area (Å²) in [5.41, 5.74) is 3.44. The van der Waals surface area contributed by atoms with Gasteiger partial charge in [0.1, 0.15) is 0 Å². The van der Waals surface area contributed by atoms with Crippen molar-refractivity contribution in [3.05, 3.63) is 23.3 Å². The van der Waals surface area contributed by atoms with Crippen LogP contribution in [-0.2, 0) is 12.8 Å². The molecule has 2 aliphatic carbocycles. The second-order valence-electron chi connectivity index (χ2n) is 9.55. The Morgan fingerprint density at radius 1 is 0.846 bits per heavy atom. The highest BCUT2D eigenvalue weighted by atomic mass is 16.3. The molecule has 0 atom stereocenters. The van der Waals surface area contributed by atoms with E-state index in [0.717, 1.165) is 24.8 Å². The van der Waals surface area contributed by atoms with Gasteiger partial charge in [-0.1, -0.05) is 45.6 Å². The van der Waals surface area contributed by atoms with Crippen molar-refractivity contribution in [1.82, 2.24) is 0 Å². The zero-order valence-electron chi connectivity index (χ0n) is 16.9. The number of hydrogen-bond acceptors (Lipinski definition) is 2. The van der Waals surface area contributed by atoms with Crippen LogP contribution in [0.2, 0.25) is 0 Å². The summed E-state index contributed by atoms with van der Waals surface area (Å²) in [7, 11) is 0. The van der Waals surface area contributed by atoms with Gasteiger partial charge in [-0.2, -0.15) is 0 Å². The standard InChI is InChI=1S/C24H38O2/c1-3-24(15-16-24)12-7-4-5-9-19-17-20(22(26)21(25)18-19)10-6-8-11-23(2)13-14-23/h17-18,25-26H,3-16H2,1-2H3. The van der Waals surface area contributed by atoms with Gasteiger partial charge in [-0.05, 0) is 92.2 Å². The molecule has 2 N–H and O–H groups in total. The maximum Gasteiger partial charge on any atom is 0.160 e. The lowest BCUT2D eigenvalue weighted by Crippen LogP contribution is -1.98. The lowest BCUT2D eigenvalue weighted by molar-refractivity contribution is 0.397. The average molecular weight is 359 g/mol. The SMILES string of the molecule is CCC1(CCCCCc2cc(O)c(O)c(CCCCC3(C)CC3)c2)CC1. The van der Waals surface area contributed by atoms with Crippen molar-refractivity contribution in [2.24, 2.45) is 10.8 Å². The van der Waals surface area contributed by atoms with Crippen LogP contribution in [0, 0.1) is 10.8 Å². The Bertz CT molecular complexity index is 596. The van der Waals surface area contributed by atoms with Gasteiger partial charge in [0.25, 0.3) is 0 Å². The van der Waals surface area contributed by atoms with Crippen molar-refractivity contribution < 1.29 is 10.2 Å². The summed E-state index contributed by atoms with van der Waals surface area (Å²) in [6.45, 7) is 4.71. The molecule has 0 radical (unpaired) electrons. The van der Waals surface area contributed by atoms with E-state index in [-0.39, 0.29) is 11.5 Å². The lowest BCUT2D eigenvalue weighted by Gasteiger charge is -2.13. The fraction of sp³-hybridized carbons (Fsp3) is 0.750. The average Bonchev–Trinajstić information content (AvgIpc) is 3.54. The van der Waals surface area contributed by atoms with Crippen LogP contribution in [-0.4, -0.2) is 10.2 Å². The molecule has 0 aromatic heterocycles. The van der Waals surface area contributed by atoms with E-state index in [1.54, 1.807) is 6.07 Å². The molecule has 146 valence electrons. The van der Waals surface area contributed by atoms with Gasteiger partial charge >= 0.3 is 0 Å². The normalized spacial score (nSPS) is 19.5. The second kappa shape index (κ2) is 8.23. The minimum atomic E-state index is 0.0644. The van der Waals surface area contributed by atoms with Gasteiger partial charge in [-0.15, -0.1) is 0 Å². The Kier molecular flexibility index (Phi) is 6.20. The molecule has 0 saturated heterocycles. The predicted octanol–water partition coefficient (Wildman–Crippen LogP) is 6.90. The molecule has 0 amide bonds. The number of aryl methyl sites for hydroxylation is 2. The van der Waals surface area contributed by atoms with E-state index < -0.39 is 0 Å². The Morgan fingerprint density at radius 3 is 2.19 bits per heavy atom. The van der Waals surface area contributed by atoms with E-state index in [0.29, 0.717) is 10.8 Å². The molecule has 3 rings (SSSR count). The molecule has 2 fully saturated rings. The summed E-state index contributed by atoms with van der Waals surface area (Å²) in [5.74, 6) is 0.166. The molecular weight excluding hydrogens is 320 g/mol. The molecule has 0 spiro atoms. The van der Waals surface area contributed by atoms with Crippen LogP contribution in [0.4, 0.5) is 0 Å². The zero-order chi connectivity index (χ0) is 18.6. The topological polar surface area (TPSA) is 40.5 Å². The highest BCUT2D eigenvalue weighted by Gasteiger charge is 2.39. The van der Waals surface area contributed by atoms with Crippen molar-refractivity contribution in [2.45, 2.75) is 104 Å². The number of rotatable bonds is 12. The summed E-state index contributed by atoms with van der Waals surface area (Å²) >= 11 is 0. The van der Waals surface area contributed by atoms with Crippen molar-refractivity contribution in [3.63, 3.8) is 0 Å². The maximum absolute atomic E-state index is 10.2. The largest absolute Gasteiger partial charge is 0.504 e. The highest BCUT2D eigenvalue weighted by molar-refractivity contribution is 5.47. The van der Waals surface area contributed by atoms with Gasteiger partial charge < -0.3 is 10.2 Å². The third kappa shape index (κ3) is 5.41. The van der Waals surface area contributed by atoms with E-state index in [1.165, 1.54) is 76.2 Å². The second-order valence-corrected chi connectivity index (χ2v) is 9.55. The minimum absolute atomic E-state index is 0.0644. The van der Waals surface area contributed by atoms with E-state index in [1.807, 2.05) is 0 Å². The van der Waals surface area contributed by atoms with Crippen molar-refractivity contribution in [1.29, 1.82) is 0 Å². The Morgan fingerprint density at radius 2 is 1.54 bits per heavy atom. The molecule has 2 nitrogen and oxygen atoms in total. The van der Waals surface area contributed by atoms with Gasteiger partial charge in [-0.25, -0.2) is 0 Å². The number of phenolic OH excluding ortho intramolecular Hbond substituents is 2. The van der Waals surface area contributed by atoms with E-state index in [4.69, 9.17) is 0 Å². The predicted molar refractivity (Wildman–Crippen MR) is 109 cm³/mol. The lowest BCUT2D eigenvalue weighted by atomic mass is 9.94. The first-order valence-corrected chi connectivity index (χ1v) is 11.0. The molecule has 2 saturated carbocycles. The first kappa shape index (κ1) is 19.6. The van der Waals surface area contributed by atoms with Gasteiger partial charge in [0.15, 0.2) is 11.5 Å². The summed E-state index contributed by atoms with van der Waals surface area (Å²) in [5, 5.41) is 20.3. The molecule has 0 unspecified atom stereocenters. The first-order valence-electron chi connectivity index (χ1n) is 11.0. The summed E-state index contributed by atoms with van der Waals surface area (Å²) in [6.07, 6.45) is 17.7. The number of aromatic hydroxyl groups is 2. The molecule has 2 aliphatic rings. The van der Waals surface area contributed by atoms with Gasteiger partial charge in [0, 0.05) is 0 Å². The summed E-state index contributed by atoms with van der Waals surface area (Å²) in [6, 6.07) is 3.89. The van der Waals surface area contributed by atoms with Crippen molar-refractivity contribution in [2.75, 3.05) is 0 Å². The number of benzene rings is 1. The molecule has 1 aromatic carbocycles. The minimum Gasteiger partial charge on any atom is -0.504 e. The van der Waals surface area contributed by atoms with Crippen LogP contribution in [0.3, 0.4) is 0 Å². The third-order valence-electron chi connectivity index (χ3n) is 7.19. The molecule has 0 heterocycles. The van der Waals surface area contributed by atoms with Crippen molar-refractivity contribution >= 4 is 0 Å². The van der Waals surface area contributed by atoms with Crippen LogP contribution in [0.15, 0.2) is 12.1 Å². The number of unbranched alkanes of at least 4 members (excludes halogenated alkanes) is 3. The smallest absolute Gasteiger partial charge is 0.160 e. The van der Waals surface area contributed by atoms with Crippen molar-refractivity contribution in [3.8, 4) is 11.5 Å². The zero-order valence-corrected chi connectivity index (χ0v) is 16.9. The van der Waals surface area contributed by atoms with Crippen LogP contribution < -0.4 is 0 Å². The molecule has 26 heavy (non-hydrogen) atoms. The Balaban J connectivity index is 1.41. The van der Waals surface area contributed by atoms with Crippen LogP contribution in [0.25, 0.3) is 0 Å². The van der Waals surface area contributed by atoms with Crippen LogP contribution in [0.1, 0.15) is 102 Å². The van der Waals surface area contributed by atoms with E-state index in [9.17, 15) is 10.2 Å². The van der Waals surface area contributed by atoms with E-state index in [2.05, 4.69) is 19.9 Å². The summed E-state index contributed by atoms with van der Waals surface area (Å²) < 4.78 is 0. The van der Waals surface area contributed by atoms with Gasteiger partial charge in [0.2, 0.25) is 0 Å². The molecule has 1 aromatic rings. The monoisotopic (exact) mass is 358 g/mol. The number of hydrogen-bond donors (Lipinski definition) is 2. The third-order valence-corrected chi connectivity index (χ3v) is 7.19. The fourth-order valence-corrected chi connectivity index (χ4v) is 4.37. The van der Waals surface area contributed by atoms with Crippen LogP contribution >= 0.6 is 0 Å². The number of phenols is 2. The highest BCUT2D eigenvalue weighted by Crippen LogP contribution is 2.52. The first-order chi connectivity index (χ1) is 12.5. The van der Waals surface area contributed by atoms with Crippen LogP contribution in [0.5, 0.6) is 11.5 Å². The van der Waals surface area contributed by atoms with Gasteiger partial charge in [0.05, 0.1) is 0 Å². The van der Waals surface area contributed by atoms with Gasteiger partial charge in [-0.3, -0.25) is 0 Å². The molecule has 2 heteroatoms. The maximum atomic E-state index is 10.2.